The number of benzene rings is 2. The third-order valence-corrected chi connectivity index (χ3v) is 8.48. The van der Waals surface area contributed by atoms with Gasteiger partial charge in [-0.05, 0) is 54.5 Å². The molecule has 0 nitrogen and oxygen atoms in total. The molecule has 0 saturated heterocycles. The van der Waals surface area contributed by atoms with Crippen LogP contribution in [-0.2, 0) is 21.7 Å². The van der Waals surface area contributed by atoms with Crippen molar-refractivity contribution in [1.29, 1.82) is 0 Å². The van der Waals surface area contributed by atoms with Gasteiger partial charge in [0, 0.05) is 0 Å². The Morgan fingerprint density at radius 1 is 0.500 bits per heavy atom. The molecule has 0 atom stereocenters. The minimum atomic E-state index is -0.965. The van der Waals surface area contributed by atoms with Crippen LogP contribution in [0, 0.1) is 0 Å². The van der Waals surface area contributed by atoms with E-state index in [4.69, 9.17) is 11.2 Å². The molecule has 0 unspecified atom stereocenters. The molecule has 0 aliphatic carbocycles. The molecule has 2 rings (SSSR count). The van der Waals surface area contributed by atoms with Crippen molar-refractivity contribution >= 4 is 29.1 Å². The molecule has 0 N–H and O–H groups in total. The summed E-state index contributed by atoms with van der Waals surface area (Å²) in [6, 6.07) is 13.9. The first-order valence-corrected chi connectivity index (χ1v) is 13.3. The fourth-order valence-corrected chi connectivity index (χ4v) is 6.46. The van der Waals surface area contributed by atoms with Crippen molar-refractivity contribution in [3.8, 4) is 0 Å². The van der Waals surface area contributed by atoms with Crippen molar-refractivity contribution in [3.05, 3.63) is 58.7 Å². The summed E-state index contributed by atoms with van der Waals surface area (Å²) in [5, 5.41) is 2.59. The molecule has 30 heavy (non-hydrogen) atoms. The quantitative estimate of drug-likeness (QED) is 0.407. The van der Waals surface area contributed by atoms with E-state index in [-0.39, 0.29) is 21.7 Å². The molecule has 166 valence electrons. The molecular weight excluding hydrogens is 403 g/mol. The molecule has 0 fully saturated rings. The highest BCUT2D eigenvalue weighted by atomic mass is 35.7. The van der Waals surface area contributed by atoms with E-state index in [1.165, 1.54) is 32.9 Å². The van der Waals surface area contributed by atoms with Gasteiger partial charge in [0.05, 0.1) is 7.27 Å². The summed E-state index contributed by atoms with van der Waals surface area (Å²) < 4.78 is 0. The topological polar surface area (TPSA) is 0 Å². The van der Waals surface area contributed by atoms with E-state index in [0.29, 0.717) is 0 Å². The van der Waals surface area contributed by atoms with E-state index >= 15 is 0 Å². The maximum absolute atomic E-state index is 7.35. The maximum atomic E-state index is 7.35. The fraction of sp³-hybridized carbons (Fsp3) is 0.571. The molecule has 0 heterocycles. The molecule has 0 aliphatic rings. The van der Waals surface area contributed by atoms with Crippen LogP contribution in [0.3, 0.4) is 0 Å². The Kier molecular flexibility index (Phi) is 7.00. The van der Waals surface area contributed by atoms with Crippen LogP contribution in [0.25, 0.3) is 0 Å². The van der Waals surface area contributed by atoms with E-state index < -0.39 is 7.27 Å². The zero-order valence-corrected chi connectivity index (χ0v) is 22.9. The maximum Gasteiger partial charge on any atom is 0.0530 e. The fourth-order valence-electron chi connectivity index (χ4n) is 3.68. The average molecular weight is 445 g/mol. The van der Waals surface area contributed by atoms with E-state index in [1.807, 2.05) is 0 Å². The monoisotopic (exact) mass is 444 g/mol. The minimum Gasteiger partial charge on any atom is -0.0858 e. The van der Waals surface area contributed by atoms with Gasteiger partial charge in [0.1, 0.15) is 0 Å². The molecule has 0 radical (unpaired) electrons. The lowest BCUT2D eigenvalue weighted by Gasteiger charge is -2.32. The van der Waals surface area contributed by atoms with Crippen molar-refractivity contribution in [2.45, 2.75) is 105 Å². The smallest absolute Gasteiger partial charge is 0.0530 e. The van der Waals surface area contributed by atoms with Crippen LogP contribution in [0.4, 0.5) is 0 Å². The van der Waals surface area contributed by atoms with Crippen LogP contribution in [0.2, 0.25) is 0 Å². The first kappa shape index (κ1) is 25.4. The van der Waals surface area contributed by atoms with Gasteiger partial charge in [-0.1, -0.05) is 131 Å². The van der Waals surface area contributed by atoms with Crippen LogP contribution >= 0.6 is 18.5 Å². The van der Waals surface area contributed by atoms with E-state index in [2.05, 4.69) is 119 Å². The summed E-state index contributed by atoms with van der Waals surface area (Å²) >= 11 is 7.35. The predicted octanol–water partition coefficient (Wildman–Crippen LogP) is 8.46. The second-order valence-electron chi connectivity index (χ2n) is 12.7. The molecular formula is C28H42ClP. The standard InChI is InChI=1S/C28H42ClP/c1-25(2,3)19-13-15-23(21(17-19)27(7,8)9)30(29)24-16-14-20(26(4,5)6)18-22(24)28(10,11)12/h13-18H,1-12H3. The van der Waals surface area contributed by atoms with E-state index in [0.717, 1.165) is 0 Å². The zero-order valence-electron chi connectivity index (χ0n) is 21.3. The predicted molar refractivity (Wildman–Crippen MR) is 140 cm³/mol. The molecule has 2 aromatic rings. The van der Waals surface area contributed by atoms with Gasteiger partial charge in [-0.3, -0.25) is 0 Å². The lowest BCUT2D eigenvalue weighted by molar-refractivity contribution is 0.571. The Morgan fingerprint density at radius 3 is 1.03 bits per heavy atom. The lowest BCUT2D eigenvalue weighted by Crippen LogP contribution is -2.29. The zero-order chi connectivity index (χ0) is 23.3. The van der Waals surface area contributed by atoms with Crippen molar-refractivity contribution < 1.29 is 0 Å². The van der Waals surface area contributed by atoms with E-state index in [1.54, 1.807) is 0 Å². The first-order valence-electron chi connectivity index (χ1n) is 11.1. The SMILES string of the molecule is CC(C)(C)c1ccc(P(Cl)c2ccc(C(C)(C)C)cc2C(C)(C)C)c(C(C)(C)C)c1. The van der Waals surface area contributed by atoms with Crippen molar-refractivity contribution in [2.24, 2.45) is 0 Å². The molecule has 0 aromatic heterocycles. The lowest BCUT2D eigenvalue weighted by atomic mass is 9.80. The summed E-state index contributed by atoms with van der Waals surface area (Å²) in [7, 11) is -0.965. The van der Waals surface area contributed by atoms with Gasteiger partial charge in [0.25, 0.3) is 0 Å². The molecule has 0 spiro atoms. The normalized spacial score (nSPS) is 13.8. The summed E-state index contributed by atoms with van der Waals surface area (Å²) in [5.41, 5.74) is 5.81. The third-order valence-electron chi connectivity index (χ3n) is 5.76. The van der Waals surface area contributed by atoms with Gasteiger partial charge in [-0.25, -0.2) is 0 Å². The second kappa shape index (κ2) is 8.26. The van der Waals surface area contributed by atoms with Gasteiger partial charge >= 0.3 is 0 Å². The summed E-state index contributed by atoms with van der Waals surface area (Å²) in [6.07, 6.45) is 0. The Balaban J connectivity index is 2.73. The number of rotatable bonds is 2. The molecule has 2 aromatic carbocycles. The molecule has 0 aliphatic heterocycles. The van der Waals surface area contributed by atoms with Gasteiger partial charge in [-0.15, -0.1) is 0 Å². The Bertz CT molecular complexity index is 821. The van der Waals surface area contributed by atoms with Gasteiger partial charge in [-0.2, -0.15) is 0 Å². The van der Waals surface area contributed by atoms with Crippen LogP contribution in [-0.4, -0.2) is 0 Å². The molecule has 0 amide bonds. The van der Waals surface area contributed by atoms with Gasteiger partial charge in [0.15, 0.2) is 0 Å². The highest BCUT2D eigenvalue weighted by molar-refractivity contribution is 7.95. The molecule has 0 saturated carbocycles. The second-order valence-corrected chi connectivity index (χ2v) is 15.3. The largest absolute Gasteiger partial charge is 0.0858 e. The van der Waals surface area contributed by atoms with E-state index in [9.17, 15) is 0 Å². The first-order chi connectivity index (χ1) is 13.3. The highest BCUT2D eigenvalue weighted by Crippen LogP contribution is 2.46. The number of hydrogen-bond donors (Lipinski definition) is 0. The molecule has 2 heteroatoms. The summed E-state index contributed by atoms with van der Waals surface area (Å²) in [4.78, 5) is 0. The Hall–Kier alpha value is -0.840. The summed E-state index contributed by atoms with van der Waals surface area (Å²) in [6.45, 7) is 27.5. The van der Waals surface area contributed by atoms with Gasteiger partial charge in [0.2, 0.25) is 0 Å². The minimum absolute atomic E-state index is 0.0410. The molecule has 0 bridgehead atoms. The highest BCUT2D eigenvalue weighted by Gasteiger charge is 2.30. The van der Waals surface area contributed by atoms with Crippen molar-refractivity contribution in [2.75, 3.05) is 0 Å². The van der Waals surface area contributed by atoms with Crippen LogP contribution in [0.15, 0.2) is 36.4 Å². The Labute approximate surface area is 192 Å². The average Bonchev–Trinajstić information content (AvgIpc) is 2.57. The van der Waals surface area contributed by atoms with Crippen molar-refractivity contribution in [1.82, 2.24) is 0 Å². The van der Waals surface area contributed by atoms with Crippen LogP contribution in [0.5, 0.6) is 0 Å². The number of halogens is 1. The Morgan fingerprint density at radius 2 is 0.800 bits per heavy atom. The van der Waals surface area contributed by atoms with Gasteiger partial charge < -0.3 is 0 Å². The number of hydrogen-bond acceptors (Lipinski definition) is 0. The van der Waals surface area contributed by atoms with Crippen LogP contribution < -0.4 is 10.6 Å². The summed E-state index contributed by atoms with van der Waals surface area (Å²) in [5.74, 6) is 0. The van der Waals surface area contributed by atoms with Crippen LogP contribution in [0.1, 0.15) is 105 Å². The third kappa shape index (κ3) is 5.69. The van der Waals surface area contributed by atoms with Crippen molar-refractivity contribution in [3.63, 3.8) is 0 Å².